The highest BCUT2D eigenvalue weighted by Gasteiger charge is 2.35. The van der Waals surface area contributed by atoms with Crippen LogP contribution in [0.25, 0.3) is 0 Å². The minimum absolute atomic E-state index is 0.0537. The van der Waals surface area contributed by atoms with Gasteiger partial charge >= 0.3 is 5.97 Å². The fourth-order valence-electron chi connectivity index (χ4n) is 2.14. The minimum Gasteiger partial charge on any atom is -0.465 e. The Morgan fingerprint density at radius 1 is 1.14 bits per heavy atom. The van der Waals surface area contributed by atoms with Crippen molar-refractivity contribution in [1.29, 1.82) is 0 Å². The van der Waals surface area contributed by atoms with Crippen molar-refractivity contribution in [2.75, 3.05) is 26.4 Å². The average molecular weight is 303 g/mol. The molecule has 5 heteroatoms. The van der Waals surface area contributed by atoms with Crippen LogP contribution in [0.1, 0.15) is 54.9 Å². The molecule has 2 atom stereocenters. The molecular weight excluding hydrogens is 270 g/mol. The molecule has 126 valence electrons. The summed E-state index contributed by atoms with van der Waals surface area (Å²) in [7, 11) is 0. The first-order chi connectivity index (χ1) is 9.64. The van der Waals surface area contributed by atoms with Gasteiger partial charge in [0.05, 0.1) is 31.5 Å². The molecule has 0 aromatic heterocycles. The van der Waals surface area contributed by atoms with Crippen molar-refractivity contribution in [1.82, 2.24) is 5.32 Å². The van der Waals surface area contributed by atoms with Gasteiger partial charge < -0.3 is 19.5 Å². The second-order valence-electron chi connectivity index (χ2n) is 6.43. The number of esters is 1. The van der Waals surface area contributed by atoms with Gasteiger partial charge in [-0.1, -0.05) is 6.92 Å². The summed E-state index contributed by atoms with van der Waals surface area (Å²) in [4.78, 5) is 12.1. The highest BCUT2D eigenvalue weighted by molar-refractivity contribution is 5.80. The molecule has 0 spiro atoms. The first kappa shape index (κ1) is 20.3. The van der Waals surface area contributed by atoms with Crippen LogP contribution in [0.4, 0.5) is 0 Å². The van der Waals surface area contributed by atoms with Crippen LogP contribution >= 0.6 is 0 Å². The molecule has 0 fully saturated rings. The van der Waals surface area contributed by atoms with E-state index in [9.17, 15) is 4.79 Å². The number of ether oxygens (including phenoxy) is 3. The third-order valence-electron chi connectivity index (χ3n) is 3.01. The van der Waals surface area contributed by atoms with E-state index in [4.69, 9.17) is 14.2 Å². The van der Waals surface area contributed by atoms with E-state index in [0.717, 1.165) is 0 Å². The topological polar surface area (TPSA) is 56.8 Å². The second kappa shape index (κ2) is 9.38. The van der Waals surface area contributed by atoms with Crippen LogP contribution in [0, 0.1) is 0 Å². The van der Waals surface area contributed by atoms with Gasteiger partial charge in [-0.05, 0) is 48.1 Å². The van der Waals surface area contributed by atoms with Crippen molar-refractivity contribution in [2.24, 2.45) is 0 Å². The molecule has 0 saturated carbocycles. The molecule has 0 saturated heterocycles. The van der Waals surface area contributed by atoms with Crippen molar-refractivity contribution in [3.63, 3.8) is 0 Å². The number of hydrogen-bond donors (Lipinski definition) is 1. The van der Waals surface area contributed by atoms with E-state index in [1.54, 1.807) is 0 Å². The lowest BCUT2D eigenvalue weighted by atomic mass is 9.94. The first-order valence-electron chi connectivity index (χ1n) is 7.82. The van der Waals surface area contributed by atoms with Gasteiger partial charge in [-0.2, -0.15) is 0 Å². The van der Waals surface area contributed by atoms with Crippen molar-refractivity contribution in [3.05, 3.63) is 0 Å². The largest absolute Gasteiger partial charge is 0.465 e. The number of carbonyl (C=O) groups excluding carboxylic acids is 1. The zero-order valence-corrected chi connectivity index (χ0v) is 14.7. The van der Waals surface area contributed by atoms with Crippen molar-refractivity contribution in [2.45, 2.75) is 72.1 Å². The van der Waals surface area contributed by atoms with E-state index in [2.05, 4.69) is 5.32 Å². The van der Waals surface area contributed by atoms with Crippen LogP contribution in [0.2, 0.25) is 0 Å². The maximum absolute atomic E-state index is 12.1. The van der Waals surface area contributed by atoms with E-state index in [1.807, 2.05) is 48.5 Å². The maximum atomic E-state index is 12.1. The Morgan fingerprint density at radius 3 is 2.24 bits per heavy atom. The normalized spacial score (nSPS) is 16.3. The maximum Gasteiger partial charge on any atom is 0.326 e. The highest BCUT2D eigenvalue weighted by Crippen LogP contribution is 2.17. The van der Waals surface area contributed by atoms with E-state index < -0.39 is 5.54 Å². The number of nitrogens with one attached hydrogen (secondary N) is 1. The fourth-order valence-corrected chi connectivity index (χ4v) is 2.14. The predicted molar refractivity (Wildman–Crippen MR) is 84.5 cm³/mol. The quantitative estimate of drug-likeness (QED) is 0.496. The standard InChI is InChI=1S/C16H33NO4/c1-8-17-16(7,14(18)19-9-2)12-13(3)20-10-11-21-15(4,5)6/h13,17H,8-12H2,1-7H3. The van der Waals surface area contributed by atoms with Gasteiger partial charge in [-0.25, -0.2) is 0 Å². The Labute approximate surface area is 129 Å². The van der Waals surface area contributed by atoms with Crippen LogP contribution in [0.3, 0.4) is 0 Å². The highest BCUT2D eigenvalue weighted by atomic mass is 16.5. The van der Waals surface area contributed by atoms with Gasteiger partial charge in [0, 0.05) is 6.42 Å². The molecule has 1 N–H and O–H groups in total. The van der Waals surface area contributed by atoms with Gasteiger partial charge in [-0.15, -0.1) is 0 Å². The molecule has 0 rings (SSSR count). The number of hydrogen-bond acceptors (Lipinski definition) is 5. The molecule has 0 aliphatic rings. The molecule has 0 aliphatic carbocycles. The fraction of sp³-hybridized carbons (Fsp3) is 0.938. The smallest absolute Gasteiger partial charge is 0.326 e. The van der Waals surface area contributed by atoms with Gasteiger partial charge in [-0.3, -0.25) is 4.79 Å². The summed E-state index contributed by atoms with van der Waals surface area (Å²) in [6, 6.07) is 0. The lowest BCUT2D eigenvalue weighted by Gasteiger charge is -2.31. The summed E-state index contributed by atoms with van der Waals surface area (Å²) in [6.07, 6.45) is 0.511. The molecule has 0 radical (unpaired) electrons. The predicted octanol–water partition coefficient (Wildman–Crippen LogP) is 2.53. The molecule has 0 heterocycles. The summed E-state index contributed by atoms with van der Waals surface area (Å²) >= 11 is 0. The Hall–Kier alpha value is -0.650. The zero-order chi connectivity index (χ0) is 16.5. The summed E-state index contributed by atoms with van der Waals surface area (Å²) in [5.41, 5.74) is -0.870. The summed E-state index contributed by atoms with van der Waals surface area (Å²) in [5.74, 6) is -0.228. The lowest BCUT2D eigenvalue weighted by Crippen LogP contribution is -2.52. The van der Waals surface area contributed by atoms with E-state index in [1.165, 1.54) is 0 Å². The molecule has 0 aromatic carbocycles. The lowest BCUT2D eigenvalue weighted by molar-refractivity contribution is -0.152. The van der Waals surface area contributed by atoms with E-state index in [0.29, 0.717) is 32.8 Å². The minimum atomic E-state index is -0.713. The van der Waals surface area contributed by atoms with Crippen LogP contribution in [-0.4, -0.2) is 49.6 Å². The third kappa shape index (κ3) is 9.06. The Morgan fingerprint density at radius 2 is 1.76 bits per heavy atom. The van der Waals surface area contributed by atoms with Gasteiger partial charge in [0.15, 0.2) is 0 Å². The Bertz CT molecular complexity index is 301. The van der Waals surface area contributed by atoms with Crippen LogP contribution in [-0.2, 0) is 19.0 Å². The number of rotatable bonds is 10. The van der Waals surface area contributed by atoms with Crippen molar-refractivity contribution < 1.29 is 19.0 Å². The van der Waals surface area contributed by atoms with Crippen molar-refractivity contribution in [3.8, 4) is 0 Å². The summed E-state index contributed by atoms with van der Waals surface area (Å²) < 4.78 is 16.5. The summed E-state index contributed by atoms with van der Waals surface area (Å²) in [6.45, 7) is 15.8. The SMILES string of the molecule is CCNC(C)(CC(C)OCCOC(C)(C)C)C(=O)OCC. The monoisotopic (exact) mass is 303 g/mol. The van der Waals surface area contributed by atoms with E-state index >= 15 is 0 Å². The zero-order valence-electron chi connectivity index (χ0n) is 14.7. The molecule has 0 bridgehead atoms. The first-order valence-corrected chi connectivity index (χ1v) is 7.82. The Balaban J connectivity index is 4.28. The summed E-state index contributed by atoms with van der Waals surface area (Å²) in [5, 5.41) is 3.20. The van der Waals surface area contributed by atoms with Gasteiger partial charge in [0.1, 0.15) is 5.54 Å². The molecular formula is C16H33NO4. The average Bonchev–Trinajstić information content (AvgIpc) is 2.34. The molecule has 0 amide bonds. The number of likely N-dealkylation sites (N-methyl/N-ethyl adjacent to an activating group) is 1. The van der Waals surface area contributed by atoms with Crippen molar-refractivity contribution >= 4 is 5.97 Å². The molecule has 21 heavy (non-hydrogen) atoms. The third-order valence-corrected chi connectivity index (χ3v) is 3.01. The molecule has 0 aliphatic heterocycles. The second-order valence-corrected chi connectivity index (χ2v) is 6.43. The molecule has 0 aromatic rings. The molecule has 2 unspecified atom stereocenters. The van der Waals surface area contributed by atoms with E-state index in [-0.39, 0.29) is 17.7 Å². The van der Waals surface area contributed by atoms with Crippen LogP contribution in [0.15, 0.2) is 0 Å². The Kier molecular flexibility index (Phi) is 9.09. The van der Waals surface area contributed by atoms with Crippen LogP contribution < -0.4 is 5.32 Å². The van der Waals surface area contributed by atoms with Crippen LogP contribution in [0.5, 0.6) is 0 Å². The van der Waals surface area contributed by atoms with Gasteiger partial charge in [0.25, 0.3) is 0 Å². The molecule has 5 nitrogen and oxygen atoms in total. The van der Waals surface area contributed by atoms with Gasteiger partial charge in [0.2, 0.25) is 0 Å². The number of carbonyl (C=O) groups is 1.